The molecule has 1 fully saturated rings. The van der Waals surface area contributed by atoms with Gasteiger partial charge in [0.15, 0.2) is 11.5 Å². The van der Waals surface area contributed by atoms with Crippen LogP contribution in [-0.2, 0) is 16.0 Å². The van der Waals surface area contributed by atoms with Crippen LogP contribution >= 0.6 is 11.8 Å². The Balaban J connectivity index is 1.33. The van der Waals surface area contributed by atoms with E-state index in [0.29, 0.717) is 16.4 Å². The number of benzene rings is 2. The Kier molecular flexibility index (Phi) is 7.12. The summed E-state index contributed by atoms with van der Waals surface area (Å²) in [5.74, 6) is 0.598. The van der Waals surface area contributed by atoms with Crippen LogP contribution in [0.5, 0.6) is 11.5 Å². The first-order valence-corrected chi connectivity index (χ1v) is 11.8. The van der Waals surface area contributed by atoms with Gasteiger partial charge in [0.1, 0.15) is 0 Å². The number of imide groups is 1. The molecular formula is C25H27N3O5S. The summed E-state index contributed by atoms with van der Waals surface area (Å²) in [7, 11) is 3.08. The predicted molar refractivity (Wildman–Crippen MR) is 132 cm³/mol. The van der Waals surface area contributed by atoms with Gasteiger partial charge in [0.2, 0.25) is 5.91 Å². The van der Waals surface area contributed by atoms with Crippen LogP contribution in [0.1, 0.15) is 18.1 Å². The lowest BCUT2D eigenvalue weighted by Crippen LogP contribution is -2.43. The smallest absolute Gasteiger partial charge is 0.293 e. The second-order valence-electron chi connectivity index (χ2n) is 8.11. The molecule has 0 unspecified atom stereocenters. The number of anilines is 1. The highest BCUT2D eigenvalue weighted by molar-refractivity contribution is 8.18. The molecule has 2 aliphatic rings. The van der Waals surface area contributed by atoms with E-state index in [0.717, 1.165) is 34.3 Å². The number of amides is 3. The number of nitrogens with one attached hydrogen (secondary N) is 1. The topological polar surface area (TPSA) is 88.2 Å². The first-order chi connectivity index (χ1) is 16.4. The monoisotopic (exact) mass is 481 g/mol. The molecule has 0 radical (unpaired) electrons. The van der Waals surface area contributed by atoms with Crippen molar-refractivity contribution in [2.45, 2.75) is 19.4 Å². The lowest BCUT2D eigenvalue weighted by Gasteiger charge is -2.24. The van der Waals surface area contributed by atoms with Crippen molar-refractivity contribution >= 4 is 40.6 Å². The zero-order chi connectivity index (χ0) is 24.2. The second kappa shape index (κ2) is 10.2. The van der Waals surface area contributed by atoms with Crippen molar-refractivity contribution in [2.24, 2.45) is 0 Å². The maximum atomic E-state index is 12.8. The predicted octanol–water partition coefficient (Wildman–Crippen LogP) is 3.31. The average Bonchev–Trinajstić information content (AvgIpc) is 3.29. The van der Waals surface area contributed by atoms with Crippen molar-refractivity contribution in [3.05, 3.63) is 58.5 Å². The lowest BCUT2D eigenvalue weighted by atomic mass is 10.1. The fraction of sp³-hybridized carbons (Fsp3) is 0.320. The number of ether oxygens (including phenoxy) is 2. The molecule has 4 rings (SSSR count). The van der Waals surface area contributed by atoms with E-state index in [2.05, 4.69) is 23.2 Å². The molecule has 1 saturated heterocycles. The van der Waals surface area contributed by atoms with Gasteiger partial charge in [-0.1, -0.05) is 24.3 Å². The van der Waals surface area contributed by atoms with E-state index in [1.807, 2.05) is 18.2 Å². The molecule has 3 amide bonds. The molecule has 1 atom stereocenters. The first-order valence-electron chi connectivity index (χ1n) is 11.0. The molecule has 0 spiro atoms. The number of carbonyl (C=O) groups is 3. The number of fused-ring (bicyclic) bond motifs is 1. The molecule has 0 bridgehead atoms. The average molecular weight is 482 g/mol. The van der Waals surface area contributed by atoms with Crippen LogP contribution in [0.3, 0.4) is 0 Å². The molecule has 34 heavy (non-hydrogen) atoms. The minimum atomic E-state index is -0.374. The number of nitrogens with zero attached hydrogens (tertiary/aromatic N) is 2. The van der Waals surface area contributed by atoms with Crippen LogP contribution < -0.4 is 19.7 Å². The van der Waals surface area contributed by atoms with Crippen LogP contribution in [0.15, 0.2) is 47.4 Å². The van der Waals surface area contributed by atoms with Gasteiger partial charge >= 0.3 is 0 Å². The van der Waals surface area contributed by atoms with E-state index in [4.69, 9.17) is 9.47 Å². The summed E-state index contributed by atoms with van der Waals surface area (Å²) in [6, 6.07) is 13.6. The van der Waals surface area contributed by atoms with Gasteiger partial charge in [0.25, 0.3) is 11.1 Å². The van der Waals surface area contributed by atoms with Gasteiger partial charge in [-0.3, -0.25) is 19.3 Å². The van der Waals surface area contributed by atoms with E-state index in [1.165, 1.54) is 12.7 Å². The number of hydrogen-bond donors (Lipinski definition) is 1. The number of methoxy groups -OCH3 is 2. The third-order valence-corrected chi connectivity index (χ3v) is 6.81. The third kappa shape index (κ3) is 4.89. The van der Waals surface area contributed by atoms with Gasteiger partial charge in [0, 0.05) is 24.8 Å². The van der Waals surface area contributed by atoms with Crippen LogP contribution in [0, 0.1) is 0 Å². The lowest BCUT2D eigenvalue weighted by molar-refractivity contribution is -0.124. The maximum Gasteiger partial charge on any atom is 0.293 e. The van der Waals surface area contributed by atoms with Crippen molar-refractivity contribution in [3.63, 3.8) is 0 Å². The van der Waals surface area contributed by atoms with E-state index < -0.39 is 0 Å². The molecule has 2 aromatic carbocycles. The molecule has 2 aliphatic heterocycles. The zero-order valence-corrected chi connectivity index (χ0v) is 20.2. The Hall–Kier alpha value is -3.46. The highest BCUT2D eigenvalue weighted by atomic mass is 32.2. The van der Waals surface area contributed by atoms with Gasteiger partial charge < -0.3 is 19.7 Å². The Labute approximate surface area is 202 Å². The molecular weight excluding hydrogens is 454 g/mol. The summed E-state index contributed by atoms with van der Waals surface area (Å²) in [4.78, 5) is 41.3. The van der Waals surface area contributed by atoms with Crippen molar-refractivity contribution < 1.29 is 23.9 Å². The van der Waals surface area contributed by atoms with Crippen LogP contribution in [0.4, 0.5) is 10.5 Å². The van der Waals surface area contributed by atoms with Gasteiger partial charge in [0.05, 0.1) is 25.7 Å². The van der Waals surface area contributed by atoms with Gasteiger partial charge in [-0.25, -0.2) is 0 Å². The fourth-order valence-corrected chi connectivity index (χ4v) is 5.04. The van der Waals surface area contributed by atoms with Gasteiger partial charge in [-0.05, 0) is 60.5 Å². The number of hydrogen-bond acceptors (Lipinski definition) is 7. The third-order valence-electron chi connectivity index (χ3n) is 5.90. The quantitative estimate of drug-likeness (QED) is 0.579. The van der Waals surface area contributed by atoms with E-state index in [-0.39, 0.29) is 42.7 Å². The summed E-state index contributed by atoms with van der Waals surface area (Å²) in [6.07, 6.45) is 2.56. The summed E-state index contributed by atoms with van der Waals surface area (Å²) in [6.45, 7) is 2.65. The van der Waals surface area contributed by atoms with Crippen LogP contribution in [0.25, 0.3) is 6.08 Å². The Bertz CT molecular complexity index is 1150. The van der Waals surface area contributed by atoms with Gasteiger partial charge in [-0.15, -0.1) is 0 Å². The Morgan fingerprint density at radius 3 is 2.68 bits per heavy atom. The summed E-state index contributed by atoms with van der Waals surface area (Å²) in [5, 5.41) is 2.48. The minimum absolute atomic E-state index is 0.117. The van der Waals surface area contributed by atoms with Crippen molar-refractivity contribution in [1.82, 2.24) is 10.2 Å². The van der Waals surface area contributed by atoms with E-state index in [9.17, 15) is 14.4 Å². The van der Waals surface area contributed by atoms with Crippen LogP contribution in [-0.4, -0.2) is 61.8 Å². The van der Waals surface area contributed by atoms with E-state index in [1.54, 1.807) is 31.4 Å². The van der Waals surface area contributed by atoms with Crippen molar-refractivity contribution in [3.8, 4) is 11.5 Å². The SMILES string of the molecule is COc1ccc(/C=C2/SC(=O)N(CCNC(=O)CN3c4ccccc4C[C@H]3C)C2=O)cc1OC. The number of carbonyl (C=O) groups excluding carboxylic acids is 3. The molecule has 8 nitrogen and oxygen atoms in total. The zero-order valence-electron chi connectivity index (χ0n) is 19.4. The Morgan fingerprint density at radius 1 is 1.15 bits per heavy atom. The second-order valence-corrected chi connectivity index (χ2v) is 9.10. The minimum Gasteiger partial charge on any atom is -0.493 e. The molecule has 0 aliphatic carbocycles. The Morgan fingerprint density at radius 2 is 1.91 bits per heavy atom. The van der Waals surface area contributed by atoms with Crippen molar-refractivity contribution in [2.75, 3.05) is 38.8 Å². The standard InChI is InChI=1S/C25H27N3O5S/c1-16-12-18-6-4-5-7-19(18)28(16)15-23(29)26-10-11-27-24(30)22(34-25(27)31)14-17-8-9-20(32-2)21(13-17)33-3/h4-9,13-14,16H,10-12,15H2,1-3H3,(H,26,29)/b22-14+/t16-/m1/s1. The van der Waals surface area contributed by atoms with Crippen molar-refractivity contribution in [1.29, 1.82) is 0 Å². The molecule has 178 valence electrons. The number of thioether (sulfide) groups is 1. The maximum absolute atomic E-state index is 12.8. The van der Waals surface area contributed by atoms with E-state index >= 15 is 0 Å². The summed E-state index contributed by atoms with van der Waals surface area (Å²) in [5.41, 5.74) is 3.04. The number of para-hydroxylation sites is 1. The molecule has 2 aromatic rings. The fourth-order valence-electron chi connectivity index (χ4n) is 4.18. The molecule has 9 heteroatoms. The first kappa shape index (κ1) is 23.7. The molecule has 2 heterocycles. The highest BCUT2D eigenvalue weighted by Crippen LogP contribution is 2.34. The normalized spacial score (nSPS) is 18.4. The number of rotatable bonds is 8. The van der Waals surface area contributed by atoms with Gasteiger partial charge in [-0.2, -0.15) is 0 Å². The highest BCUT2D eigenvalue weighted by Gasteiger charge is 2.35. The largest absolute Gasteiger partial charge is 0.493 e. The summed E-state index contributed by atoms with van der Waals surface area (Å²) < 4.78 is 10.5. The molecule has 0 saturated carbocycles. The molecule has 0 aromatic heterocycles. The summed E-state index contributed by atoms with van der Waals surface area (Å²) >= 11 is 0.883. The van der Waals surface area contributed by atoms with Crippen LogP contribution in [0.2, 0.25) is 0 Å². The molecule has 1 N–H and O–H groups in total.